The topological polar surface area (TPSA) is 64.1 Å². The first kappa shape index (κ1) is 19.5. The lowest BCUT2D eigenvalue weighted by Gasteiger charge is -2.07. The number of rotatable bonds is 9. The summed E-state index contributed by atoms with van der Waals surface area (Å²) in [4.78, 5) is 20.8. The second-order valence-corrected chi connectivity index (χ2v) is 6.50. The normalized spacial score (nSPS) is 11.0. The predicted molar refractivity (Wildman–Crippen MR) is 112 cm³/mol. The maximum atomic E-state index is 12.0. The molecule has 5 heteroatoms. The van der Waals surface area contributed by atoms with Crippen molar-refractivity contribution < 1.29 is 9.53 Å². The number of carbonyl (C=O) groups excluding carboxylic acids is 1. The van der Waals surface area contributed by atoms with Crippen molar-refractivity contribution >= 4 is 23.0 Å². The molecule has 0 bridgehead atoms. The molecule has 5 nitrogen and oxygen atoms in total. The number of hydrogen-bond acceptors (Lipinski definition) is 4. The molecule has 0 aliphatic heterocycles. The van der Waals surface area contributed by atoms with Crippen LogP contribution in [0.3, 0.4) is 0 Å². The van der Waals surface area contributed by atoms with Crippen LogP contribution in [0.5, 0.6) is 5.75 Å². The number of benzene rings is 2. The summed E-state index contributed by atoms with van der Waals surface area (Å²) in [7, 11) is 0. The number of amides is 1. The Balaban J connectivity index is 1.44. The number of nitrogens with zero attached hydrogens (tertiary/aromatic N) is 2. The zero-order valence-electron chi connectivity index (χ0n) is 16.1. The van der Waals surface area contributed by atoms with E-state index in [9.17, 15) is 4.79 Å². The molecule has 2 aromatic carbocycles. The molecule has 0 aliphatic rings. The molecule has 3 aromatic rings. The fourth-order valence-electron chi connectivity index (χ4n) is 2.69. The second-order valence-electron chi connectivity index (χ2n) is 6.50. The molecule has 0 aliphatic carbocycles. The minimum Gasteiger partial charge on any atom is -0.494 e. The first-order valence-electron chi connectivity index (χ1n) is 9.64. The van der Waals surface area contributed by atoms with Crippen LogP contribution in [0.25, 0.3) is 17.1 Å². The standard InChI is InChI=1S/C23H25N3O2/c1-2-3-16-28-20-11-8-18(9-12-20)14-15-24-23(27)13-10-19-17-25-21-6-4-5-7-22(21)26-19/h4-13,17H,2-3,14-16H2,1H3,(H,24,27)/b13-10+. The van der Waals surface area contributed by atoms with E-state index < -0.39 is 0 Å². The average Bonchev–Trinajstić information content (AvgIpc) is 2.73. The van der Waals surface area contributed by atoms with E-state index in [0.29, 0.717) is 12.2 Å². The lowest BCUT2D eigenvalue weighted by Crippen LogP contribution is -2.23. The number of fused-ring (bicyclic) bond motifs is 1. The van der Waals surface area contributed by atoms with Gasteiger partial charge in [-0.2, -0.15) is 0 Å². The number of hydrogen-bond donors (Lipinski definition) is 1. The van der Waals surface area contributed by atoms with Gasteiger partial charge in [0.05, 0.1) is 29.5 Å². The van der Waals surface area contributed by atoms with Gasteiger partial charge in [-0.25, -0.2) is 4.98 Å². The summed E-state index contributed by atoms with van der Waals surface area (Å²) < 4.78 is 5.65. The van der Waals surface area contributed by atoms with Crippen molar-refractivity contribution in [3.8, 4) is 5.75 Å². The van der Waals surface area contributed by atoms with Gasteiger partial charge < -0.3 is 10.1 Å². The molecule has 0 atom stereocenters. The van der Waals surface area contributed by atoms with Crippen molar-refractivity contribution in [2.75, 3.05) is 13.2 Å². The average molecular weight is 375 g/mol. The van der Waals surface area contributed by atoms with E-state index in [2.05, 4.69) is 22.2 Å². The highest BCUT2D eigenvalue weighted by atomic mass is 16.5. The Morgan fingerprint density at radius 3 is 2.68 bits per heavy atom. The largest absolute Gasteiger partial charge is 0.494 e. The van der Waals surface area contributed by atoms with E-state index in [-0.39, 0.29) is 5.91 Å². The van der Waals surface area contributed by atoms with Gasteiger partial charge in [0.2, 0.25) is 5.91 Å². The molecule has 3 rings (SSSR count). The second kappa shape index (κ2) is 10.2. The first-order valence-corrected chi connectivity index (χ1v) is 9.64. The quantitative estimate of drug-likeness (QED) is 0.450. The third kappa shape index (κ3) is 5.91. The fraction of sp³-hybridized carbons (Fsp3) is 0.261. The third-order valence-corrected chi connectivity index (χ3v) is 4.28. The fourth-order valence-corrected chi connectivity index (χ4v) is 2.69. The Kier molecular flexibility index (Phi) is 7.13. The van der Waals surface area contributed by atoms with Crippen LogP contribution in [0.15, 0.2) is 60.8 Å². The molecule has 1 heterocycles. The summed E-state index contributed by atoms with van der Waals surface area (Å²) >= 11 is 0. The zero-order valence-corrected chi connectivity index (χ0v) is 16.1. The predicted octanol–water partition coefficient (Wildman–Crippen LogP) is 4.18. The molecule has 28 heavy (non-hydrogen) atoms. The van der Waals surface area contributed by atoms with Crippen molar-refractivity contribution in [3.63, 3.8) is 0 Å². The van der Waals surface area contributed by atoms with Crippen LogP contribution < -0.4 is 10.1 Å². The van der Waals surface area contributed by atoms with Crippen LogP contribution in [-0.4, -0.2) is 29.0 Å². The van der Waals surface area contributed by atoms with Crippen molar-refractivity contribution in [3.05, 3.63) is 72.1 Å². The van der Waals surface area contributed by atoms with E-state index in [1.807, 2.05) is 48.5 Å². The van der Waals surface area contributed by atoms with Gasteiger partial charge in [0.15, 0.2) is 0 Å². The Morgan fingerprint density at radius 1 is 1.11 bits per heavy atom. The molecule has 1 aromatic heterocycles. The van der Waals surface area contributed by atoms with E-state index in [4.69, 9.17) is 4.74 Å². The van der Waals surface area contributed by atoms with Gasteiger partial charge >= 0.3 is 0 Å². The summed E-state index contributed by atoms with van der Waals surface area (Å²) in [6, 6.07) is 15.7. The number of ether oxygens (including phenoxy) is 1. The summed E-state index contributed by atoms with van der Waals surface area (Å²) in [5.74, 6) is 0.746. The van der Waals surface area contributed by atoms with Gasteiger partial charge in [0.1, 0.15) is 5.75 Å². The smallest absolute Gasteiger partial charge is 0.244 e. The molecule has 0 spiro atoms. The van der Waals surface area contributed by atoms with Crippen molar-refractivity contribution in [2.45, 2.75) is 26.2 Å². The number of unbranched alkanes of at least 4 members (excludes halogenated alkanes) is 1. The molecule has 1 N–H and O–H groups in total. The summed E-state index contributed by atoms with van der Waals surface area (Å²) in [6.45, 7) is 3.47. The number of carbonyl (C=O) groups is 1. The van der Waals surface area contributed by atoms with E-state index in [1.165, 1.54) is 6.08 Å². The van der Waals surface area contributed by atoms with Gasteiger partial charge in [-0.15, -0.1) is 0 Å². The molecule has 0 fully saturated rings. The van der Waals surface area contributed by atoms with Crippen molar-refractivity contribution in [1.82, 2.24) is 15.3 Å². The van der Waals surface area contributed by atoms with E-state index in [1.54, 1.807) is 12.3 Å². The van der Waals surface area contributed by atoms with Gasteiger partial charge in [-0.05, 0) is 48.7 Å². The van der Waals surface area contributed by atoms with Crippen LogP contribution in [0.2, 0.25) is 0 Å². The van der Waals surface area contributed by atoms with Gasteiger partial charge in [0, 0.05) is 12.6 Å². The maximum Gasteiger partial charge on any atom is 0.244 e. The van der Waals surface area contributed by atoms with Gasteiger partial charge in [0.25, 0.3) is 0 Å². The van der Waals surface area contributed by atoms with Gasteiger partial charge in [-0.3, -0.25) is 9.78 Å². The highest BCUT2D eigenvalue weighted by Crippen LogP contribution is 2.13. The molecular formula is C23H25N3O2. The molecular weight excluding hydrogens is 350 g/mol. The van der Waals surface area contributed by atoms with Gasteiger partial charge in [-0.1, -0.05) is 37.6 Å². The minimum atomic E-state index is -0.144. The van der Waals surface area contributed by atoms with E-state index >= 15 is 0 Å². The maximum absolute atomic E-state index is 12.0. The third-order valence-electron chi connectivity index (χ3n) is 4.28. The van der Waals surface area contributed by atoms with E-state index in [0.717, 1.165) is 48.2 Å². The molecule has 0 saturated carbocycles. The summed E-state index contributed by atoms with van der Waals surface area (Å²) in [5.41, 5.74) is 3.47. The Hall–Kier alpha value is -3.21. The molecule has 0 radical (unpaired) electrons. The number of para-hydroxylation sites is 2. The number of nitrogens with one attached hydrogen (secondary N) is 1. The number of aromatic nitrogens is 2. The molecule has 144 valence electrons. The zero-order chi connectivity index (χ0) is 19.6. The lowest BCUT2D eigenvalue weighted by atomic mass is 10.1. The highest BCUT2D eigenvalue weighted by molar-refractivity contribution is 5.91. The monoisotopic (exact) mass is 375 g/mol. The summed E-state index contributed by atoms with van der Waals surface area (Å²) in [6.07, 6.45) is 7.78. The van der Waals surface area contributed by atoms with Crippen LogP contribution in [-0.2, 0) is 11.2 Å². The molecule has 1 amide bonds. The summed E-state index contributed by atoms with van der Waals surface area (Å²) in [5, 5.41) is 2.89. The van der Waals surface area contributed by atoms with Crippen LogP contribution in [0.1, 0.15) is 31.0 Å². The van der Waals surface area contributed by atoms with Crippen LogP contribution in [0, 0.1) is 0 Å². The van der Waals surface area contributed by atoms with Crippen molar-refractivity contribution in [2.24, 2.45) is 0 Å². The SMILES string of the molecule is CCCCOc1ccc(CCNC(=O)/C=C/c2cnc3ccccc3n2)cc1. The lowest BCUT2D eigenvalue weighted by molar-refractivity contribution is -0.116. The Bertz CT molecular complexity index is 936. The highest BCUT2D eigenvalue weighted by Gasteiger charge is 2.00. The Labute approximate surface area is 165 Å². The molecule has 0 saturated heterocycles. The molecule has 0 unspecified atom stereocenters. The van der Waals surface area contributed by atoms with Crippen LogP contribution >= 0.6 is 0 Å². The first-order chi connectivity index (χ1) is 13.7. The Morgan fingerprint density at radius 2 is 1.89 bits per heavy atom. The van der Waals surface area contributed by atoms with Crippen LogP contribution in [0.4, 0.5) is 0 Å². The van der Waals surface area contributed by atoms with Crippen molar-refractivity contribution in [1.29, 1.82) is 0 Å². The minimum absolute atomic E-state index is 0.144.